The van der Waals surface area contributed by atoms with Gasteiger partial charge in [0, 0.05) is 15.9 Å². The second-order valence-corrected chi connectivity index (χ2v) is 7.86. The highest BCUT2D eigenvalue weighted by Crippen LogP contribution is 2.34. The maximum Gasteiger partial charge on any atom is 0.123 e. The van der Waals surface area contributed by atoms with E-state index in [2.05, 4.69) is 41.2 Å². The first-order valence-electron chi connectivity index (χ1n) is 6.94. The molecule has 0 saturated carbocycles. The third kappa shape index (κ3) is 4.52. The van der Waals surface area contributed by atoms with Crippen LogP contribution in [0.2, 0.25) is 5.02 Å². The van der Waals surface area contributed by atoms with Gasteiger partial charge in [-0.1, -0.05) is 18.5 Å². The van der Waals surface area contributed by atoms with E-state index in [1.807, 2.05) is 0 Å². The van der Waals surface area contributed by atoms with Gasteiger partial charge in [0.15, 0.2) is 0 Å². The van der Waals surface area contributed by atoms with Crippen LogP contribution in [0.15, 0.2) is 28.1 Å². The first-order valence-corrected chi connectivity index (χ1v) is 8.93. The normalized spacial score (nSPS) is 12.6. The van der Waals surface area contributed by atoms with Crippen LogP contribution in [-0.2, 0) is 6.42 Å². The van der Waals surface area contributed by atoms with Crippen molar-refractivity contribution in [2.45, 2.75) is 32.7 Å². The number of thiophene rings is 1. The maximum absolute atomic E-state index is 13.4. The highest BCUT2D eigenvalue weighted by molar-refractivity contribution is 9.11. The van der Waals surface area contributed by atoms with Crippen molar-refractivity contribution in [3.05, 3.63) is 54.9 Å². The number of nitrogens with one attached hydrogen (secondary N) is 1. The second-order valence-electron chi connectivity index (χ2n) is 5.05. The fourth-order valence-electron chi connectivity index (χ4n) is 2.17. The van der Waals surface area contributed by atoms with E-state index >= 15 is 0 Å². The third-order valence-electron chi connectivity index (χ3n) is 3.29. The Labute approximate surface area is 142 Å². The van der Waals surface area contributed by atoms with Gasteiger partial charge in [-0.05, 0) is 77.6 Å². The molecule has 1 N–H and O–H groups in total. The zero-order valence-corrected chi connectivity index (χ0v) is 15.2. The molecule has 0 saturated heterocycles. The summed E-state index contributed by atoms with van der Waals surface area (Å²) in [7, 11) is 0. The molecule has 1 unspecified atom stereocenters. The largest absolute Gasteiger partial charge is 0.309 e. The second kappa shape index (κ2) is 7.73. The van der Waals surface area contributed by atoms with E-state index in [0.29, 0.717) is 11.4 Å². The molecule has 1 atom stereocenters. The first kappa shape index (κ1) is 16.9. The number of benzene rings is 1. The Morgan fingerprint density at radius 1 is 1.38 bits per heavy atom. The first-order chi connectivity index (χ1) is 10.0. The van der Waals surface area contributed by atoms with Crippen LogP contribution in [0.4, 0.5) is 4.39 Å². The third-order valence-corrected chi connectivity index (χ3v) is 5.91. The monoisotopic (exact) mass is 389 g/mol. The Hall–Kier alpha value is -0.420. The van der Waals surface area contributed by atoms with Crippen LogP contribution in [0, 0.1) is 12.7 Å². The Bertz CT molecular complexity index is 595. The van der Waals surface area contributed by atoms with Gasteiger partial charge in [0.2, 0.25) is 0 Å². The van der Waals surface area contributed by atoms with Crippen molar-refractivity contribution in [1.29, 1.82) is 0 Å². The Morgan fingerprint density at radius 2 is 2.14 bits per heavy atom. The molecule has 114 valence electrons. The lowest BCUT2D eigenvalue weighted by molar-refractivity contribution is 0.534. The molecule has 2 aromatic rings. The van der Waals surface area contributed by atoms with Crippen LogP contribution >= 0.6 is 38.9 Å². The summed E-state index contributed by atoms with van der Waals surface area (Å²) in [6.45, 7) is 5.14. The fourth-order valence-corrected chi connectivity index (χ4v) is 4.01. The maximum atomic E-state index is 13.4. The van der Waals surface area contributed by atoms with Gasteiger partial charge in [-0.2, -0.15) is 0 Å². The van der Waals surface area contributed by atoms with Gasteiger partial charge in [0.25, 0.3) is 0 Å². The zero-order chi connectivity index (χ0) is 15.4. The van der Waals surface area contributed by atoms with Crippen LogP contribution in [-0.4, -0.2) is 6.54 Å². The molecule has 5 heteroatoms. The minimum atomic E-state index is -0.243. The predicted octanol–water partition coefficient (Wildman–Crippen LogP) is 5.89. The van der Waals surface area contributed by atoms with E-state index in [0.717, 1.165) is 22.3 Å². The van der Waals surface area contributed by atoms with Crippen molar-refractivity contribution in [3.63, 3.8) is 0 Å². The van der Waals surface area contributed by atoms with Gasteiger partial charge >= 0.3 is 0 Å². The van der Waals surface area contributed by atoms with E-state index in [4.69, 9.17) is 11.6 Å². The molecule has 0 aliphatic carbocycles. The number of halogens is 3. The van der Waals surface area contributed by atoms with Crippen LogP contribution < -0.4 is 5.32 Å². The Balaban J connectivity index is 2.25. The van der Waals surface area contributed by atoms with Gasteiger partial charge in [0.05, 0.1) is 3.79 Å². The molecular formula is C16H18BrClFNS. The molecular weight excluding hydrogens is 373 g/mol. The highest BCUT2D eigenvalue weighted by atomic mass is 79.9. The molecule has 0 radical (unpaired) electrons. The number of aryl methyl sites for hydroxylation is 1. The van der Waals surface area contributed by atoms with Crippen LogP contribution in [0.1, 0.15) is 35.4 Å². The fraction of sp³-hybridized carbons (Fsp3) is 0.375. The Morgan fingerprint density at radius 3 is 2.76 bits per heavy atom. The average Bonchev–Trinajstić information content (AvgIpc) is 2.78. The minimum Gasteiger partial charge on any atom is -0.309 e. The molecule has 1 heterocycles. The van der Waals surface area contributed by atoms with Gasteiger partial charge < -0.3 is 5.32 Å². The topological polar surface area (TPSA) is 12.0 Å². The molecule has 21 heavy (non-hydrogen) atoms. The molecule has 0 bridgehead atoms. The van der Waals surface area contributed by atoms with E-state index in [1.165, 1.54) is 22.6 Å². The van der Waals surface area contributed by atoms with Gasteiger partial charge in [-0.25, -0.2) is 4.39 Å². The molecule has 0 spiro atoms. The standard InChI is InChI=1S/C16H18BrClFNS/c1-3-6-20-14(15-7-10(2)16(17)21-15)9-11-8-12(19)4-5-13(11)18/h4-5,7-8,14,20H,3,6,9H2,1-2H3. The summed E-state index contributed by atoms with van der Waals surface area (Å²) in [4.78, 5) is 1.24. The molecule has 1 aromatic heterocycles. The van der Waals surface area contributed by atoms with Crippen molar-refractivity contribution >= 4 is 38.9 Å². The van der Waals surface area contributed by atoms with Gasteiger partial charge in [-0.15, -0.1) is 11.3 Å². The lowest BCUT2D eigenvalue weighted by Crippen LogP contribution is -2.23. The summed E-state index contributed by atoms with van der Waals surface area (Å²) in [5.74, 6) is -0.243. The molecule has 2 rings (SSSR count). The molecule has 0 aliphatic heterocycles. The minimum absolute atomic E-state index is 0.152. The Kier molecular flexibility index (Phi) is 6.23. The highest BCUT2D eigenvalue weighted by Gasteiger charge is 2.17. The molecule has 1 nitrogen and oxygen atoms in total. The molecule has 0 amide bonds. The number of hydrogen-bond acceptors (Lipinski definition) is 2. The van der Waals surface area contributed by atoms with Crippen LogP contribution in [0.25, 0.3) is 0 Å². The molecule has 1 aromatic carbocycles. The smallest absolute Gasteiger partial charge is 0.123 e. The van der Waals surface area contributed by atoms with Crippen molar-refractivity contribution in [2.24, 2.45) is 0 Å². The van der Waals surface area contributed by atoms with Crippen molar-refractivity contribution < 1.29 is 4.39 Å². The van der Waals surface area contributed by atoms with Crippen molar-refractivity contribution in [2.75, 3.05) is 6.54 Å². The van der Waals surface area contributed by atoms with E-state index in [9.17, 15) is 4.39 Å². The van der Waals surface area contributed by atoms with Crippen LogP contribution in [0.3, 0.4) is 0 Å². The van der Waals surface area contributed by atoms with E-state index < -0.39 is 0 Å². The van der Waals surface area contributed by atoms with Gasteiger partial charge in [-0.3, -0.25) is 0 Å². The number of rotatable bonds is 6. The van der Waals surface area contributed by atoms with E-state index in [-0.39, 0.29) is 11.9 Å². The van der Waals surface area contributed by atoms with Crippen molar-refractivity contribution in [1.82, 2.24) is 5.32 Å². The summed E-state index contributed by atoms with van der Waals surface area (Å²) in [5, 5.41) is 4.15. The SMILES string of the molecule is CCCNC(Cc1cc(F)ccc1Cl)c1cc(C)c(Br)s1. The quantitative estimate of drug-likeness (QED) is 0.648. The summed E-state index contributed by atoms with van der Waals surface area (Å²) >= 11 is 11.5. The summed E-state index contributed by atoms with van der Waals surface area (Å²) < 4.78 is 14.6. The zero-order valence-electron chi connectivity index (χ0n) is 12.1. The van der Waals surface area contributed by atoms with Gasteiger partial charge in [0.1, 0.15) is 5.82 Å². The molecule has 0 aliphatic rings. The molecule has 0 fully saturated rings. The van der Waals surface area contributed by atoms with E-state index in [1.54, 1.807) is 17.4 Å². The average molecular weight is 391 g/mol. The lowest BCUT2D eigenvalue weighted by Gasteiger charge is -2.18. The summed E-state index contributed by atoms with van der Waals surface area (Å²) in [5.41, 5.74) is 2.07. The summed E-state index contributed by atoms with van der Waals surface area (Å²) in [6, 6.07) is 6.87. The predicted molar refractivity (Wildman–Crippen MR) is 92.9 cm³/mol. The van der Waals surface area contributed by atoms with Crippen LogP contribution in [0.5, 0.6) is 0 Å². The number of hydrogen-bond donors (Lipinski definition) is 1. The lowest BCUT2D eigenvalue weighted by atomic mass is 10.0. The van der Waals surface area contributed by atoms with Crippen molar-refractivity contribution in [3.8, 4) is 0 Å². The summed E-state index contributed by atoms with van der Waals surface area (Å²) in [6.07, 6.45) is 1.74.